The van der Waals surface area contributed by atoms with Crippen LogP contribution in [-0.4, -0.2) is 73.5 Å². The second-order valence-corrected chi connectivity index (χ2v) is 6.31. The summed E-state index contributed by atoms with van der Waals surface area (Å²) in [5.41, 5.74) is 1.20. The van der Waals surface area contributed by atoms with Crippen LogP contribution in [0, 0.1) is 0 Å². The Morgan fingerprint density at radius 2 is 1.86 bits per heavy atom. The molecule has 0 saturated carbocycles. The number of ether oxygens (including phenoxy) is 2. The summed E-state index contributed by atoms with van der Waals surface area (Å²) < 4.78 is 10.8. The van der Waals surface area contributed by atoms with Gasteiger partial charge in [-0.3, -0.25) is 14.6 Å². The number of hydrogen-bond donors (Lipinski definition) is 1. The highest BCUT2D eigenvalue weighted by molar-refractivity contribution is 5.93. The van der Waals surface area contributed by atoms with Crippen LogP contribution in [0.15, 0.2) is 42.6 Å². The number of anilines is 1. The predicted octanol–water partition coefficient (Wildman–Crippen LogP) is 1.50. The fourth-order valence-corrected chi connectivity index (χ4v) is 2.89. The number of amides is 2. The van der Waals surface area contributed by atoms with Crippen molar-refractivity contribution in [3.63, 3.8) is 0 Å². The molecule has 1 N–H and O–H groups in total. The third kappa shape index (κ3) is 5.12. The van der Waals surface area contributed by atoms with Crippen LogP contribution in [0.3, 0.4) is 0 Å². The molecule has 0 unspecified atom stereocenters. The lowest BCUT2D eigenvalue weighted by molar-refractivity contribution is -0.119. The van der Waals surface area contributed by atoms with E-state index in [4.69, 9.17) is 9.47 Å². The van der Waals surface area contributed by atoms with Crippen molar-refractivity contribution in [2.75, 3.05) is 51.8 Å². The number of pyridine rings is 1. The smallest absolute Gasteiger partial charge is 0.272 e. The molecule has 0 spiro atoms. The molecule has 8 heteroatoms. The van der Waals surface area contributed by atoms with Gasteiger partial charge in [0.2, 0.25) is 6.41 Å². The molecule has 1 aromatic heterocycles. The Bertz CT molecular complexity index is 789. The number of piperazine rings is 1. The minimum Gasteiger partial charge on any atom is -0.497 e. The maximum Gasteiger partial charge on any atom is 0.272 e. The summed E-state index contributed by atoms with van der Waals surface area (Å²) >= 11 is 0. The Morgan fingerprint density at radius 1 is 1.14 bits per heavy atom. The van der Waals surface area contributed by atoms with E-state index < -0.39 is 0 Å². The molecule has 1 aromatic carbocycles. The summed E-state index contributed by atoms with van der Waals surface area (Å²) in [4.78, 5) is 31.0. The molecule has 2 aromatic rings. The van der Waals surface area contributed by atoms with Crippen LogP contribution < -0.4 is 14.8 Å². The molecule has 0 aliphatic carbocycles. The number of carbonyl (C=O) groups excluding carboxylic acids is 2. The zero-order valence-electron chi connectivity index (χ0n) is 15.8. The Balaban J connectivity index is 1.47. The van der Waals surface area contributed by atoms with Crippen molar-refractivity contribution in [2.24, 2.45) is 0 Å². The Hall–Kier alpha value is -3.29. The van der Waals surface area contributed by atoms with Crippen LogP contribution >= 0.6 is 0 Å². The quantitative estimate of drug-likeness (QED) is 0.548. The zero-order chi connectivity index (χ0) is 19.8. The van der Waals surface area contributed by atoms with Gasteiger partial charge in [-0.1, -0.05) is 0 Å². The average Bonchev–Trinajstić information content (AvgIpc) is 2.77. The van der Waals surface area contributed by atoms with E-state index in [1.165, 1.54) is 0 Å². The maximum absolute atomic E-state index is 12.6. The predicted molar refractivity (Wildman–Crippen MR) is 105 cm³/mol. The van der Waals surface area contributed by atoms with Crippen molar-refractivity contribution in [2.45, 2.75) is 0 Å². The molecular weight excluding hydrogens is 360 g/mol. The first-order valence-electron chi connectivity index (χ1n) is 9.15. The first-order chi connectivity index (χ1) is 13.7. The first-order valence-corrected chi connectivity index (χ1v) is 9.15. The molecule has 2 amide bonds. The molecular formula is C20H24N4O4. The second-order valence-electron chi connectivity index (χ2n) is 6.31. The molecule has 2 heterocycles. The number of hydrogen-bond acceptors (Lipinski definition) is 6. The largest absolute Gasteiger partial charge is 0.497 e. The summed E-state index contributed by atoms with van der Waals surface area (Å²) in [5, 5.41) is 3.24. The molecule has 1 saturated heterocycles. The normalized spacial score (nSPS) is 13.8. The van der Waals surface area contributed by atoms with Gasteiger partial charge in [-0.25, -0.2) is 0 Å². The highest BCUT2D eigenvalue weighted by atomic mass is 16.5. The first kappa shape index (κ1) is 19.5. The molecule has 28 heavy (non-hydrogen) atoms. The highest BCUT2D eigenvalue weighted by Gasteiger charge is 2.22. The van der Waals surface area contributed by atoms with Crippen molar-refractivity contribution in [1.82, 2.24) is 14.8 Å². The molecule has 1 fully saturated rings. The van der Waals surface area contributed by atoms with Gasteiger partial charge >= 0.3 is 0 Å². The van der Waals surface area contributed by atoms with Crippen LogP contribution in [0.1, 0.15) is 10.5 Å². The van der Waals surface area contributed by atoms with Crippen LogP contribution in [-0.2, 0) is 4.79 Å². The Labute approximate surface area is 164 Å². The van der Waals surface area contributed by atoms with E-state index in [-0.39, 0.29) is 5.91 Å². The van der Waals surface area contributed by atoms with E-state index in [1.54, 1.807) is 29.2 Å². The van der Waals surface area contributed by atoms with Gasteiger partial charge in [0.1, 0.15) is 23.8 Å². The summed E-state index contributed by atoms with van der Waals surface area (Å²) in [7, 11) is 1.62. The summed E-state index contributed by atoms with van der Waals surface area (Å²) in [5.74, 6) is 1.43. The highest BCUT2D eigenvalue weighted by Crippen LogP contribution is 2.17. The van der Waals surface area contributed by atoms with Crippen LogP contribution in [0.5, 0.6) is 11.5 Å². The van der Waals surface area contributed by atoms with Gasteiger partial charge in [0.25, 0.3) is 5.91 Å². The lowest BCUT2D eigenvalue weighted by Crippen LogP contribution is -2.48. The van der Waals surface area contributed by atoms with E-state index in [0.29, 0.717) is 45.0 Å². The molecule has 148 valence electrons. The fraction of sp³-hybridized carbons (Fsp3) is 0.350. The lowest BCUT2D eigenvalue weighted by atomic mass is 10.2. The van der Waals surface area contributed by atoms with Gasteiger partial charge in [-0.2, -0.15) is 0 Å². The Kier molecular flexibility index (Phi) is 6.67. The molecule has 0 radical (unpaired) electrons. The third-order valence-electron chi connectivity index (χ3n) is 4.49. The van der Waals surface area contributed by atoms with Gasteiger partial charge in [0, 0.05) is 44.6 Å². The molecule has 0 atom stereocenters. The van der Waals surface area contributed by atoms with Crippen LogP contribution in [0.4, 0.5) is 5.69 Å². The van der Waals surface area contributed by atoms with Crippen LogP contribution in [0.25, 0.3) is 0 Å². The van der Waals surface area contributed by atoms with Gasteiger partial charge in [-0.05, 0) is 36.4 Å². The number of nitrogens with zero attached hydrogens (tertiary/aromatic N) is 3. The lowest BCUT2D eigenvalue weighted by Gasteiger charge is -2.32. The molecule has 3 rings (SSSR count). The topological polar surface area (TPSA) is 84.0 Å². The van der Waals surface area contributed by atoms with Crippen molar-refractivity contribution in [1.29, 1.82) is 0 Å². The number of benzene rings is 1. The van der Waals surface area contributed by atoms with Gasteiger partial charge in [0.15, 0.2) is 0 Å². The van der Waals surface area contributed by atoms with Crippen molar-refractivity contribution in [3.05, 3.63) is 48.3 Å². The van der Waals surface area contributed by atoms with E-state index in [1.807, 2.05) is 30.3 Å². The van der Waals surface area contributed by atoms with Gasteiger partial charge in [0.05, 0.1) is 7.11 Å². The summed E-state index contributed by atoms with van der Waals surface area (Å²) in [6, 6.07) is 11.0. The minimum atomic E-state index is -0.122. The van der Waals surface area contributed by atoms with E-state index >= 15 is 0 Å². The average molecular weight is 384 g/mol. The summed E-state index contributed by atoms with van der Waals surface area (Å²) in [6.45, 7) is 3.21. The summed E-state index contributed by atoms with van der Waals surface area (Å²) in [6.07, 6.45) is 2.43. The number of carbonyl (C=O) groups is 2. The van der Waals surface area contributed by atoms with Gasteiger partial charge < -0.3 is 24.6 Å². The van der Waals surface area contributed by atoms with Crippen molar-refractivity contribution in [3.8, 4) is 11.5 Å². The van der Waals surface area contributed by atoms with E-state index in [2.05, 4.69) is 10.3 Å². The fourth-order valence-electron chi connectivity index (χ4n) is 2.89. The minimum absolute atomic E-state index is 0.122. The third-order valence-corrected chi connectivity index (χ3v) is 4.49. The van der Waals surface area contributed by atoms with E-state index in [9.17, 15) is 9.59 Å². The number of methoxy groups -OCH3 is 1. The Morgan fingerprint density at radius 3 is 2.54 bits per heavy atom. The standard InChI is InChI=1S/C20H24N4O4/c1-27-17-2-4-18(5-3-17)28-13-8-21-16-6-7-22-19(14-16)20(26)24-11-9-23(15-25)10-12-24/h2-7,14-15H,8-13H2,1H3,(H,21,22). The monoisotopic (exact) mass is 384 g/mol. The number of aromatic nitrogens is 1. The SMILES string of the molecule is COc1ccc(OCCNc2ccnc(C(=O)N3CCN(C=O)CC3)c2)cc1. The van der Waals surface area contributed by atoms with Crippen molar-refractivity contribution < 1.29 is 19.1 Å². The number of rotatable bonds is 8. The van der Waals surface area contributed by atoms with E-state index in [0.717, 1.165) is 23.6 Å². The second kappa shape index (κ2) is 9.59. The molecule has 1 aliphatic rings. The molecule has 0 bridgehead atoms. The van der Waals surface area contributed by atoms with Crippen LogP contribution in [0.2, 0.25) is 0 Å². The molecule has 1 aliphatic heterocycles. The van der Waals surface area contributed by atoms with Crippen molar-refractivity contribution >= 4 is 18.0 Å². The van der Waals surface area contributed by atoms with Gasteiger partial charge in [-0.15, -0.1) is 0 Å². The zero-order valence-corrected chi connectivity index (χ0v) is 15.8. The maximum atomic E-state index is 12.6. The molecule has 8 nitrogen and oxygen atoms in total. The number of nitrogens with one attached hydrogen (secondary N) is 1.